The molecule has 3 heteroatoms. The Hall–Kier alpha value is -0.570. The van der Waals surface area contributed by atoms with Gasteiger partial charge in [0.05, 0.1) is 0 Å². The molecule has 0 aromatic carbocycles. The lowest BCUT2D eigenvalue weighted by Crippen LogP contribution is -2.41. The number of aliphatic hydroxyl groups excluding tert-OH is 1. The molecule has 1 aliphatic rings. The molecular formula is C14H27NO2. The third-order valence-electron chi connectivity index (χ3n) is 3.45. The van der Waals surface area contributed by atoms with Crippen LogP contribution in [0.15, 0.2) is 0 Å². The summed E-state index contributed by atoms with van der Waals surface area (Å²) in [5.41, 5.74) is 0. The minimum Gasteiger partial charge on any atom is -0.396 e. The molecule has 1 aliphatic carbocycles. The van der Waals surface area contributed by atoms with E-state index in [4.69, 9.17) is 5.11 Å². The van der Waals surface area contributed by atoms with Crippen LogP contribution < -0.4 is 0 Å². The van der Waals surface area contributed by atoms with Gasteiger partial charge in [-0.2, -0.15) is 0 Å². The smallest absolute Gasteiger partial charge is 0.222 e. The largest absolute Gasteiger partial charge is 0.396 e. The molecule has 1 rings (SSSR count). The maximum Gasteiger partial charge on any atom is 0.222 e. The summed E-state index contributed by atoms with van der Waals surface area (Å²) in [6.45, 7) is 5.43. The highest BCUT2D eigenvalue weighted by Gasteiger charge is 2.26. The minimum absolute atomic E-state index is 0.195. The molecule has 0 atom stereocenters. The molecule has 0 heterocycles. The fraction of sp³-hybridized carbons (Fsp3) is 0.929. The lowest BCUT2D eigenvalue weighted by molar-refractivity contribution is -0.134. The normalized spacial score (nSPS) is 16.7. The molecule has 0 unspecified atom stereocenters. The summed E-state index contributed by atoms with van der Waals surface area (Å²) in [6, 6.07) is 0.485. The Morgan fingerprint density at radius 3 is 2.47 bits per heavy atom. The van der Waals surface area contributed by atoms with Crippen molar-refractivity contribution in [3.8, 4) is 0 Å². The van der Waals surface area contributed by atoms with Gasteiger partial charge in [-0.15, -0.1) is 0 Å². The van der Waals surface area contributed by atoms with Crippen molar-refractivity contribution in [2.45, 2.75) is 64.8 Å². The number of aliphatic hydroxyl groups is 1. The number of nitrogens with zero attached hydrogens (tertiary/aromatic N) is 1. The fourth-order valence-electron chi connectivity index (χ4n) is 2.60. The average molecular weight is 241 g/mol. The Bertz CT molecular complexity index is 222. The van der Waals surface area contributed by atoms with Crippen LogP contribution in [0.1, 0.15) is 58.8 Å². The van der Waals surface area contributed by atoms with E-state index in [2.05, 4.69) is 18.7 Å². The number of amides is 1. The van der Waals surface area contributed by atoms with Crippen molar-refractivity contribution in [3.05, 3.63) is 0 Å². The average Bonchev–Trinajstić information content (AvgIpc) is 2.79. The van der Waals surface area contributed by atoms with Crippen molar-refractivity contribution in [1.82, 2.24) is 4.90 Å². The molecule has 1 fully saturated rings. The summed E-state index contributed by atoms with van der Waals surface area (Å²) >= 11 is 0. The highest BCUT2D eigenvalue weighted by atomic mass is 16.3. The van der Waals surface area contributed by atoms with Crippen molar-refractivity contribution < 1.29 is 9.90 Å². The van der Waals surface area contributed by atoms with Crippen molar-refractivity contribution in [3.63, 3.8) is 0 Å². The third kappa shape index (κ3) is 5.07. The van der Waals surface area contributed by atoms with Crippen molar-refractivity contribution >= 4 is 5.91 Å². The predicted molar refractivity (Wildman–Crippen MR) is 69.7 cm³/mol. The minimum atomic E-state index is 0.195. The molecule has 0 saturated heterocycles. The van der Waals surface area contributed by atoms with Gasteiger partial charge in [-0.1, -0.05) is 26.7 Å². The van der Waals surface area contributed by atoms with Crippen LogP contribution in [0.3, 0.4) is 0 Å². The molecule has 1 amide bonds. The van der Waals surface area contributed by atoms with Gasteiger partial charge in [-0.05, 0) is 31.6 Å². The number of hydrogen-bond acceptors (Lipinski definition) is 2. The van der Waals surface area contributed by atoms with Gasteiger partial charge < -0.3 is 10.0 Å². The second-order valence-electron chi connectivity index (χ2n) is 5.56. The number of unbranched alkanes of at least 4 members (excludes halogenated alkanes) is 1. The van der Waals surface area contributed by atoms with E-state index in [0.717, 1.165) is 19.4 Å². The summed E-state index contributed by atoms with van der Waals surface area (Å²) < 4.78 is 0. The van der Waals surface area contributed by atoms with Gasteiger partial charge in [0, 0.05) is 25.6 Å². The molecule has 0 radical (unpaired) electrons. The van der Waals surface area contributed by atoms with Crippen molar-refractivity contribution in [1.29, 1.82) is 0 Å². The van der Waals surface area contributed by atoms with E-state index >= 15 is 0 Å². The molecule has 1 N–H and O–H groups in total. The molecule has 1 saturated carbocycles. The molecule has 100 valence electrons. The molecular weight excluding hydrogens is 214 g/mol. The Labute approximate surface area is 105 Å². The van der Waals surface area contributed by atoms with Gasteiger partial charge in [-0.25, -0.2) is 0 Å². The van der Waals surface area contributed by atoms with E-state index in [1.54, 1.807) is 0 Å². The molecule has 0 spiro atoms. The number of carbonyl (C=O) groups excluding carboxylic acids is 1. The van der Waals surface area contributed by atoms with E-state index in [9.17, 15) is 4.79 Å². The van der Waals surface area contributed by atoms with Crippen LogP contribution in [-0.2, 0) is 4.79 Å². The van der Waals surface area contributed by atoms with Gasteiger partial charge in [0.15, 0.2) is 0 Å². The zero-order chi connectivity index (χ0) is 12.7. The van der Waals surface area contributed by atoms with Gasteiger partial charge in [0.25, 0.3) is 0 Å². The second kappa shape index (κ2) is 7.70. The number of carbonyl (C=O) groups is 1. The number of hydrogen-bond donors (Lipinski definition) is 1. The van der Waals surface area contributed by atoms with Crippen molar-refractivity contribution in [2.24, 2.45) is 5.92 Å². The van der Waals surface area contributed by atoms with Crippen LogP contribution in [0.5, 0.6) is 0 Å². The Morgan fingerprint density at radius 1 is 1.29 bits per heavy atom. The molecule has 3 nitrogen and oxygen atoms in total. The fourth-order valence-corrected chi connectivity index (χ4v) is 2.60. The summed E-state index contributed by atoms with van der Waals surface area (Å²) in [4.78, 5) is 14.3. The topological polar surface area (TPSA) is 40.5 Å². The van der Waals surface area contributed by atoms with Gasteiger partial charge >= 0.3 is 0 Å². The summed E-state index contributed by atoms with van der Waals surface area (Å²) in [6.07, 6.45) is 7.05. The summed E-state index contributed by atoms with van der Waals surface area (Å²) in [5.74, 6) is 0.830. The van der Waals surface area contributed by atoms with Gasteiger partial charge in [0.1, 0.15) is 0 Å². The lowest BCUT2D eigenvalue weighted by Gasteiger charge is -2.30. The molecule has 0 aromatic rings. The van der Waals surface area contributed by atoms with Crippen LogP contribution in [0, 0.1) is 5.92 Å². The first-order chi connectivity index (χ1) is 8.15. The second-order valence-corrected chi connectivity index (χ2v) is 5.56. The highest BCUT2D eigenvalue weighted by molar-refractivity contribution is 5.76. The van der Waals surface area contributed by atoms with E-state index in [-0.39, 0.29) is 6.61 Å². The molecule has 17 heavy (non-hydrogen) atoms. The highest BCUT2D eigenvalue weighted by Crippen LogP contribution is 2.25. The summed E-state index contributed by atoms with van der Waals surface area (Å²) in [5, 5.41) is 8.75. The van der Waals surface area contributed by atoms with Crippen molar-refractivity contribution in [2.75, 3.05) is 13.2 Å². The molecule has 0 aromatic heterocycles. The van der Waals surface area contributed by atoms with Gasteiger partial charge in [-0.3, -0.25) is 4.79 Å². The standard InChI is InChI=1S/C14H27NO2/c1-12(2)11-15(13-7-3-4-8-13)14(17)9-5-6-10-16/h12-13,16H,3-11H2,1-2H3. The van der Waals surface area contributed by atoms with Crippen LogP contribution in [0.4, 0.5) is 0 Å². The molecule has 0 aliphatic heterocycles. The molecule has 0 bridgehead atoms. The summed E-state index contributed by atoms with van der Waals surface area (Å²) in [7, 11) is 0. The quantitative estimate of drug-likeness (QED) is 0.696. The van der Waals surface area contributed by atoms with E-state index in [0.29, 0.717) is 24.3 Å². The first kappa shape index (κ1) is 14.5. The zero-order valence-electron chi connectivity index (χ0n) is 11.3. The lowest BCUT2D eigenvalue weighted by atomic mass is 10.1. The van der Waals surface area contributed by atoms with Crippen LogP contribution in [0.2, 0.25) is 0 Å². The van der Waals surface area contributed by atoms with Gasteiger partial charge in [0.2, 0.25) is 5.91 Å². The Balaban J connectivity index is 2.45. The first-order valence-electron chi connectivity index (χ1n) is 7.05. The third-order valence-corrected chi connectivity index (χ3v) is 3.45. The Kier molecular flexibility index (Phi) is 6.56. The first-order valence-corrected chi connectivity index (χ1v) is 7.05. The predicted octanol–water partition coefficient (Wildman–Crippen LogP) is 2.58. The van der Waals surface area contributed by atoms with Crippen LogP contribution in [0.25, 0.3) is 0 Å². The Morgan fingerprint density at radius 2 is 1.94 bits per heavy atom. The van der Waals surface area contributed by atoms with E-state index in [1.165, 1.54) is 25.7 Å². The van der Waals surface area contributed by atoms with Crippen LogP contribution in [-0.4, -0.2) is 35.1 Å². The zero-order valence-corrected chi connectivity index (χ0v) is 11.3. The van der Waals surface area contributed by atoms with E-state index in [1.807, 2.05) is 0 Å². The maximum atomic E-state index is 12.2. The van der Waals surface area contributed by atoms with E-state index < -0.39 is 0 Å². The SMILES string of the molecule is CC(C)CN(C(=O)CCCCO)C1CCCC1. The number of rotatable bonds is 7. The monoisotopic (exact) mass is 241 g/mol. The maximum absolute atomic E-state index is 12.2. The van der Waals surface area contributed by atoms with Crippen LogP contribution >= 0.6 is 0 Å².